The number of hydrogen-bond acceptors (Lipinski definition) is 3. The summed E-state index contributed by atoms with van der Waals surface area (Å²) < 4.78 is 13.8. The van der Waals surface area contributed by atoms with Gasteiger partial charge in [0.15, 0.2) is 0 Å². The summed E-state index contributed by atoms with van der Waals surface area (Å²) in [4.78, 5) is 12.3. The molecule has 2 N–H and O–H groups in total. The minimum absolute atomic E-state index is 0.105. The minimum Gasteiger partial charge on any atom is -0.382 e. The molecular formula is C15H17FN2OS. The molecule has 0 radical (unpaired) electrons. The SMILES string of the molecule is CCNc1c(F)cccc1C(=O)NC(C)c1ccsc1. The summed E-state index contributed by atoms with van der Waals surface area (Å²) in [5.41, 5.74) is 1.63. The molecule has 2 aromatic rings. The van der Waals surface area contributed by atoms with Gasteiger partial charge in [-0.15, -0.1) is 0 Å². The number of carbonyl (C=O) groups is 1. The van der Waals surface area contributed by atoms with E-state index in [1.54, 1.807) is 23.5 Å². The molecule has 0 fully saturated rings. The molecule has 1 aromatic heterocycles. The van der Waals surface area contributed by atoms with Crippen molar-refractivity contribution in [3.8, 4) is 0 Å². The average Bonchev–Trinajstić information content (AvgIpc) is 2.95. The van der Waals surface area contributed by atoms with Gasteiger partial charge in [0.1, 0.15) is 5.82 Å². The molecule has 1 unspecified atom stereocenters. The predicted octanol–water partition coefficient (Wildman–Crippen LogP) is 3.81. The maximum Gasteiger partial charge on any atom is 0.253 e. The van der Waals surface area contributed by atoms with Gasteiger partial charge in [-0.1, -0.05) is 6.07 Å². The highest BCUT2D eigenvalue weighted by Gasteiger charge is 2.17. The topological polar surface area (TPSA) is 41.1 Å². The van der Waals surface area contributed by atoms with Crippen LogP contribution in [0.5, 0.6) is 0 Å². The molecular weight excluding hydrogens is 275 g/mol. The number of anilines is 1. The first-order chi connectivity index (χ1) is 9.63. The van der Waals surface area contributed by atoms with Crippen molar-refractivity contribution in [1.82, 2.24) is 5.32 Å². The minimum atomic E-state index is -0.414. The van der Waals surface area contributed by atoms with Gasteiger partial charge in [0.2, 0.25) is 0 Å². The van der Waals surface area contributed by atoms with Crippen LogP contribution in [0.3, 0.4) is 0 Å². The van der Waals surface area contributed by atoms with Crippen LogP contribution < -0.4 is 10.6 Å². The van der Waals surface area contributed by atoms with Gasteiger partial charge < -0.3 is 10.6 Å². The Labute approximate surface area is 121 Å². The molecule has 2 rings (SSSR count). The molecule has 0 saturated carbocycles. The Morgan fingerprint density at radius 1 is 1.40 bits per heavy atom. The first kappa shape index (κ1) is 14.5. The molecule has 3 nitrogen and oxygen atoms in total. The average molecular weight is 292 g/mol. The monoisotopic (exact) mass is 292 g/mol. The van der Waals surface area contributed by atoms with Crippen LogP contribution in [-0.2, 0) is 0 Å². The summed E-state index contributed by atoms with van der Waals surface area (Å²) in [6.07, 6.45) is 0. The van der Waals surface area contributed by atoms with Gasteiger partial charge in [-0.25, -0.2) is 4.39 Å². The Morgan fingerprint density at radius 2 is 2.20 bits per heavy atom. The summed E-state index contributed by atoms with van der Waals surface area (Å²) in [6.45, 7) is 4.33. The van der Waals surface area contributed by atoms with Crippen molar-refractivity contribution in [3.05, 3.63) is 52.0 Å². The van der Waals surface area contributed by atoms with Crippen molar-refractivity contribution in [2.24, 2.45) is 0 Å². The summed E-state index contributed by atoms with van der Waals surface area (Å²) in [5, 5.41) is 9.74. The Bertz CT molecular complexity index is 584. The van der Waals surface area contributed by atoms with Crippen LogP contribution in [0.1, 0.15) is 35.8 Å². The van der Waals surface area contributed by atoms with Crippen LogP contribution in [0.4, 0.5) is 10.1 Å². The highest BCUT2D eigenvalue weighted by atomic mass is 32.1. The van der Waals surface area contributed by atoms with Crippen LogP contribution in [0.2, 0.25) is 0 Å². The lowest BCUT2D eigenvalue weighted by molar-refractivity contribution is 0.0940. The zero-order valence-corrected chi connectivity index (χ0v) is 12.3. The van der Waals surface area contributed by atoms with E-state index in [0.717, 1.165) is 5.56 Å². The van der Waals surface area contributed by atoms with Crippen LogP contribution in [0.25, 0.3) is 0 Å². The summed E-state index contributed by atoms with van der Waals surface area (Å²) in [7, 11) is 0. The predicted molar refractivity (Wildman–Crippen MR) is 80.8 cm³/mol. The van der Waals surface area contributed by atoms with E-state index in [9.17, 15) is 9.18 Å². The summed E-state index contributed by atoms with van der Waals surface area (Å²) in [6, 6.07) is 6.37. The molecule has 0 aliphatic carbocycles. The summed E-state index contributed by atoms with van der Waals surface area (Å²) in [5.74, 6) is -0.693. The van der Waals surface area contributed by atoms with Gasteiger partial charge in [0.25, 0.3) is 5.91 Å². The van der Waals surface area contributed by atoms with Gasteiger partial charge in [-0.3, -0.25) is 4.79 Å². The number of thiophene rings is 1. The van der Waals surface area contributed by atoms with Crippen LogP contribution in [0, 0.1) is 5.82 Å². The Hall–Kier alpha value is -1.88. The molecule has 1 heterocycles. The lowest BCUT2D eigenvalue weighted by atomic mass is 10.1. The lowest BCUT2D eigenvalue weighted by Crippen LogP contribution is -2.27. The fourth-order valence-electron chi connectivity index (χ4n) is 1.95. The molecule has 1 atom stereocenters. The number of amides is 1. The van der Waals surface area contributed by atoms with E-state index in [1.165, 1.54) is 6.07 Å². The maximum atomic E-state index is 13.8. The lowest BCUT2D eigenvalue weighted by Gasteiger charge is -2.15. The van der Waals surface area contributed by atoms with Crippen molar-refractivity contribution >= 4 is 22.9 Å². The maximum absolute atomic E-state index is 13.8. The standard InChI is InChI=1S/C15H17FN2OS/c1-3-17-14-12(5-4-6-13(14)16)15(19)18-10(2)11-7-8-20-9-11/h4-10,17H,3H2,1-2H3,(H,18,19). The van der Waals surface area contributed by atoms with E-state index in [4.69, 9.17) is 0 Å². The molecule has 1 amide bonds. The zero-order valence-electron chi connectivity index (χ0n) is 11.4. The first-order valence-electron chi connectivity index (χ1n) is 6.48. The second kappa shape index (κ2) is 6.52. The molecule has 0 aliphatic heterocycles. The highest BCUT2D eigenvalue weighted by Crippen LogP contribution is 2.21. The second-order valence-electron chi connectivity index (χ2n) is 4.44. The molecule has 0 spiro atoms. The van der Waals surface area contributed by atoms with Crippen LogP contribution in [0.15, 0.2) is 35.0 Å². The van der Waals surface area contributed by atoms with Gasteiger partial charge >= 0.3 is 0 Å². The van der Waals surface area contributed by atoms with Crippen molar-refractivity contribution in [3.63, 3.8) is 0 Å². The van der Waals surface area contributed by atoms with Crippen LogP contribution in [-0.4, -0.2) is 12.5 Å². The quantitative estimate of drug-likeness (QED) is 0.880. The zero-order chi connectivity index (χ0) is 14.5. The molecule has 5 heteroatoms. The Kier molecular flexibility index (Phi) is 4.74. The van der Waals surface area contributed by atoms with E-state index in [0.29, 0.717) is 12.1 Å². The number of benzene rings is 1. The van der Waals surface area contributed by atoms with Gasteiger partial charge in [-0.2, -0.15) is 11.3 Å². The number of halogens is 1. The fourth-order valence-corrected chi connectivity index (χ4v) is 2.70. The fraction of sp³-hybridized carbons (Fsp3) is 0.267. The molecule has 0 bridgehead atoms. The van der Waals surface area contributed by atoms with Crippen molar-refractivity contribution < 1.29 is 9.18 Å². The molecule has 106 valence electrons. The third kappa shape index (κ3) is 3.17. The molecule has 0 aliphatic rings. The molecule has 0 saturated heterocycles. The van der Waals surface area contributed by atoms with E-state index < -0.39 is 5.82 Å². The first-order valence-corrected chi connectivity index (χ1v) is 7.43. The largest absolute Gasteiger partial charge is 0.382 e. The van der Waals surface area contributed by atoms with E-state index >= 15 is 0 Å². The normalized spacial score (nSPS) is 11.9. The van der Waals surface area contributed by atoms with Gasteiger partial charge in [-0.05, 0) is 48.4 Å². The van der Waals surface area contributed by atoms with Gasteiger partial charge in [0, 0.05) is 6.54 Å². The van der Waals surface area contributed by atoms with Crippen molar-refractivity contribution in [2.45, 2.75) is 19.9 Å². The van der Waals surface area contributed by atoms with E-state index in [2.05, 4.69) is 10.6 Å². The van der Waals surface area contributed by atoms with E-state index in [1.807, 2.05) is 30.7 Å². The second-order valence-corrected chi connectivity index (χ2v) is 5.22. The number of nitrogens with one attached hydrogen (secondary N) is 2. The van der Waals surface area contributed by atoms with E-state index in [-0.39, 0.29) is 17.6 Å². The number of carbonyl (C=O) groups excluding carboxylic acids is 1. The summed E-state index contributed by atoms with van der Waals surface area (Å²) >= 11 is 1.58. The van der Waals surface area contributed by atoms with Crippen molar-refractivity contribution in [1.29, 1.82) is 0 Å². The third-order valence-electron chi connectivity index (χ3n) is 3.00. The van der Waals surface area contributed by atoms with Gasteiger partial charge in [0.05, 0.1) is 17.3 Å². The number of hydrogen-bond donors (Lipinski definition) is 2. The number of rotatable bonds is 5. The Morgan fingerprint density at radius 3 is 2.85 bits per heavy atom. The third-order valence-corrected chi connectivity index (χ3v) is 3.70. The smallest absolute Gasteiger partial charge is 0.253 e. The Balaban J connectivity index is 2.19. The van der Waals surface area contributed by atoms with Crippen LogP contribution >= 0.6 is 11.3 Å². The molecule has 20 heavy (non-hydrogen) atoms. The van der Waals surface area contributed by atoms with Crippen molar-refractivity contribution in [2.75, 3.05) is 11.9 Å². The highest BCUT2D eigenvalue weighted by molar-refractivity contribution is 7.07. The number of para-hydroxylation sites is 1. The molecule has 1 aromatic carbocycles.